The van der Waals surface area contributed by atoms with Crippen molar-refractivity contribution in [3.05, 3.63) is 131 Å². The molecule has 0 saturated heterocycles. The summed E-state index contributed by atoms with van der Waals surface area (Å²) in [5.41, 5.74) is 4.54. The molecule has 0 bridgehead atoms. The van der Waals surface area contributed by atoms with Crippen LogP contribution < -0.4 is 5.32 Å². The SMILES string of the molecule is CCOC(=O)c1cc(C(=O)c2ccc(-c3ccccc3)cc2)n2ccc(C(=O)NCc3ccccn3)cc12. The van der Waals surface area contributed by atoms with Crippen molar-refractivity contribution >= 4 is 23.2 Å². The maximum atomic E-state index is 13.5. The number of ketones is 1. The summed E-state index contributed by atoms with van der Waals surface area (Å²) in [5, 5.41) is 2.83. The quantitative estimate of drug-likeness (QED) is 0.228. The first-order chi connectivity index (χ1) is 18.5. The van der Waals surface area contributed by atoms with Gasteiger partial charge in [-0.25, -0.2) is 4.79 Å². The first-order valence-corrected chi connectivity index (χ1v) is 12.3. The summed E-state index contributed by atoms with van der Waals surface area (Å²) in [5.74, 6) is -1.13. The lowest BCUT2D eigenvalue weighted by Gasteiger charge is -2.08. The molecule has 0 aliphatic carbocycles. The number of rotatable bonds is 8. The molecule has 5 aromatic rings. The van der Waals surface area contributed by atoms with E-state index in [0.717, 1.165) is 16.8 Å². The molecular formula is C31H25N3O4. The van der Waals surface area contributed by atoms with Crippen molar-refractivity contribution in [2.45, 2.75) is 13.5 Å². The number of amides is 1. The second-order valence-electron chi connectivity index (χ2n) is 8.61. The van der Waals surface area contributed by atoms with Crippen LogP contribution in [0.25, 0.3) is 16.6 Å². The summed E-state index contributed by atoms with van der Waals surface area (Å²) in [4.78, 5) is 43.3. The molecule has 0 radical (unpaired) electrons. The van der Waals surface area contributed by atoms with Crippen LogP contribution in [-0.2, 0) is 11.3 Å². The first-order valence-electron chi connectivity index (χ1n) is 12.3. The number of fused-ring (bicyclic) bond motifs is 1. The third-order valence-electron chi connectivity index (χ3n) is 6.17. The van der Waals surface area contributed by atoms with Crippen molar-refractivity contribution in [3.63, 3.8) is 0 Å². The van der Waals surface area contributed by atoms with Gasteiger partial charge in [0.05, 0.1) is 35.6 Å². The van der Waals surface area contributed by atoms with Crippen LogP contribution in [0.5, 0.6) is 0 Å². The van der Waals surface area contributed by atoms with Crippen LogP contribution in [0.3, 0.4) is 0 Å². The van der Waals surface area contributed by atoms with E-state index in [4.69, 9.17) is 4.74 Å². The predicted molar refractivity (Wildman–Crippen MR) is 144 cm³/mol. The molecule has 0 aliphatic rings. The molecule has 2 aromatic carbocycles. The molecule has 0 spiro atoms. The molecule has 1 amide bonds. The molecule has 38 heavy (non-hydrogen) atoms. The lowest BCUT2D eigenvalue weighted by molar-refractivity contribution is 0.0528. The van der Waals surface area contributed by atoms with Crippen molar-refractivity contribution in [3.8, 4) is 11.1 Å². The molecule has 7 heteroatoms. The van der Waals surface area contributed by atoms with E-state index < -0.39 is 5.97 Å². The van der Waals surface area contributed by atoms with E-state index in [9.17, 15) is 14.4 Å². The Morgan fingerprint density at radius 1 is 0.842 bits per heavy atom. The normalized spacial score (nSPS) is 10.8. The summed E-state index contributed by atoms with van der Waals surface area (Å²) in [6.07, 6.45) is 3.28. The number of carbonyl (C=O) groups excluding carboxylic acids is 3. The number of benzene rings is 2. The number of pyridine rings is 2. The van der Waals surface area contributed by atoms with Gasteiger partial charge in [0.25, 0.3) is 5.91 Å². The Hall–Kier alpha value is -5.04. The van der Waals surface area contributed by atoms with Crippen molar-refractivity contribution in [1.29, 1.82) is 0 Å². The largest absolute Gasteiger partial charge is 0.462 e. The van der Waals surface area contributed by atoms with E-state index in [2.05, 4.69) is 10.3 Å². The smallest absolute Gasteiger partial charge is 0.340 e. The zero-order chi connectivity index (χ0) is 26.5. The van der Waals surface area contributed by atoms with Crippen molar-refractivity contribution < 1.29 is 19.1 Å². The highest BCUT2D eigenvalue weighted by Gasteiger charge is 2.22. The van der Waals surface area contributed by atoms with Crippen LogP contribution in [0.15, 0.2) is 103 Å². The van der Waals surface area contributed by atoms with Gasteiger partial charge in [0.1, 0.15) is 0 Å². The van der Waals surface area contributed by atoms with Crippen LogP contribution in [-0.4, -0.2) is 33.7 Å². The molecule has 0 aliphatic heterocycles. The predicted octanol–water partition coefficient (Wildman–Crippen LogP) is 5.34. The second-order valence-corrected chi connectivity index (χ2v) is 8.61. The molecule has 0 atom stereocenters. The number of nitrogens with one attached hydrogen (secondary N) is 1. The molecule has 188 valence electrons. The van der Waals surface area contributed by atoms with Gasteiger partial charge >= 0.3 is 5.97 Å². The van der Waals surface area contributed by atoms with Crippen LogP contribution in [0.1, 0.15) is 49.4 Å². The third kappa shape index (κ3) is 5.08. The van der Waals surface area contributed by atoms with E-state index in [1.54, 1.807) is 54.0 Å². The van der Waals surface area contributed by atoms with Gasteiger partial charge in [-0.1, -0.05) is 60.7 Å². The number of ether oxygens (including phenoxy) is 1. The average molecular weight is 504 g/mol. The summed E-state index contributed by atoms with van der Waals surface area (Å²) in [6, 6.07) is 27.4. The first kappa shape index (κ1) is 24.6. The molecule has 0 saturated carbocycles. The van der Waals surface area contributed by atoms with Crippen LogP contribution in [0, 0.1) is 0 Å². The summed E-state index contributed by atoms with van der Waals surface area (Å²) in [7, 11) is 0. The van der Waals surface area contributed by atoms with E-state index in [0.29, 0.717) is 22.3 Å². The lowest BCUT2D eigenvalue weighted by Crippen LogP contribution is -2.23. The molecular weight excluding hydrogens is 478 g/mol. The molecule has 1 N–H and O–H groups in total. The third-order valence-corrected chi connectivity index (χ3v) is 6.17. The Balaban J connectivity index is 1.47. The zero-order valence-corrected chi connectivity index (χ0v) is 20.8. The van der Waals surface area contributed by atoms with Gasteiger partial charge in [0.2, 0.25) is 5.78 Å². The fourth-order valence-corrected chi connectivity index (χ4v) is 4.25. The molecule has 7 nitrogen and oxygen atoms in total. The molecule has 0 fully saturated rings. The van der Waals surface area contributed by atoms with Crippen molar-refractivity contribution in [2.24, 2.45) is 0 Å². The number of carbonyl (C=O) groups is 3. The van der Waals surface area contributed by atoms with Gasteiger partial charge in [-0.15, -0.1) is 0 Å². The van der Waals surface area contributed by atoms with Gasteiger partial charge < -0.3 is 14.5 Å². The number of esters is 1. The fourth-order valence-electron chi connectivity index (χ4n) is 4.25. The van der Waals surface area contributed by atoms with Crippen LogP contribution in [0.4, 0.5) is 0 Å². The number of aromatic nitrogens is 2. The van der Waals surface area contributed by atoms with E-state index >= 15 is 0 Å². The highest BCUT2D eigenvalue weighted by atomic mass is 16.5. The van der Waals surface area contributed by atoms with Gasteiger partial charge in [0.15, 0.2) is 0 Å². The van der Waals surface area contributed by atoms with Gasteiger partial charge in [-0.2, -0.15) is 0 Å². The van der Waals surface area contributed by atoms with E-state index in [-0.39, 0.29) is 30.4 Å². The minimum atomic E-state index is -0.561. The van der Waals surface area contributed by atoms with Crippen molar-refractivity contribution in [2.75, 3.05) is 6.61 Å². The Bertz CT molecular complexity index is 1610. The molecule has 3 aromatic heterocycles. The minimum absolute atomic E-state index is 0.185. The highest BCUT2D eigenvalue weighted by Crippen LogP contribution is 2.24. The highest BCUT2D eigenvalue weighted by molar-refractivity contribution is 6.12. The van der Waals surface area contributed by atoms with E-state index in [1.165, 1.54) is 6.07 Å². The van der Waals surface area contributed by atoms with Gasteiger partial charge in [0, 0.05) is 23.5 Å². The number of hydrogen-bond acceptors (Lipinski definition) is 5. The lowest BCUT2D eigenvalue weighted by atomic mass is 10.0. The van der Waals surface area contributed by atoms with Gasteiger partial charge in [-0.05, 0) is 48.4 Å². The Labute approximate surface area is 219 Å². The van der Waals surface area contributed by atoms with Gasteiger partial charge in [-0.3, -0.25) is 14.6 Å². The Kier molecular flexibility index (Phi) is 7.08. The monoisotopic (exact) mass is 503 g/mol. The summed E-state index contributed by atoms with van der Waals surface area (Å²) < 4.78 is 6.85. The van der Waals surface area contributed by atoms with E-state index in [1.807, 2.05) is 54.6 Å². The number of hydrogen-bond donors (Lipinski definition) is 1. The fraction of sp³-hybridized carbons (Fsp3) is 0.0968. The average Bonchev–Trinajstić information content (AvgIpc) is 3.36. The molecule has 5 rings (SSSR count). The maximum Gasteiger partial charge on any atom is 0.340 e. The topological polar surface area (TPSA) is 89.8 Å². The summed E-state index contributed by atoms with van der Waals surface area (Å²) in [6.45, 7) is 2.16. The number of nitrogens with zero attached hydrogens (tertiary/aromatic N) is 2. The zero-order valence-electron chi connectivity index (χ0n) is 20.8. The van der Waals surface area contributed by atoms with Crippen LogP contribution >= 0.6 is 0 Å². The molecule has 3 heterocycles. The standard InChI is InChI=1S/C31H25N3O4/c1-2-38-31(37)26-19-28(29(35)23-13-11-22(12-14-23)21-8-4-3-5-9-21)34-17-15-24(18-27(26)34)30(36)33-20-25-10-6-7-16-32-25/h3-19H,2,20H2,1H3,(H,33,36). The second kappa shape index (κ2) is 10.9. The maximum absolute atomic E-state index is 13.5. The van der Waals surface area contributed by atoms with Crippen molar-refractivity contribution in [1.82, 2.24) is 14.7 Å². The van der Waals surface area contributed by atoms with Crippen LogP contribution in [0.2, 0.25) is 0 Å². The molecule has 0 unspecified atom stereocenters. The Morgan fingerprint density at radius 2 is 1.58 bits per heavy atom. The summed E-state index contributed by atoms with van der Waals surface area (Å²) >= 11 is 0. The minimum Gasteiger partial charge on any atom is -0.462 e. The Morgan fingerprint density at radius 3 is 2.29 bits per heavy atom.